The van der Waals surface area contributed by atoms with Crippen LogP contribution in [-0.2, 0) is 17.6 Å². The number of hydrogen-bond donors (Lipinski definition) is 0. The normalized spacial score (nSPS) is 16.3. The maximum atomic E-state index is 15.4. The van der Waals surface area contributed by atoms with Crippen molar-refractivity contribution in [2.45, 2.75) is 52.2 Å². The van der Waals surface area contributed by atoms with Gasteiger partial charge >= 0.3 is 0 Å². The molecule has 0 aliphatic carbocycles. The van der Waals surface area contributed by atoms with Crippen molar-refractivity contribution < 1.29 is 27.8 Å². The molecule has 2 aliphatic heterocycles. The molecule has 0 bridgehead atoms. The van der Waals surface area contributed by atoms with E-state index < -0.39 is 22.2 Å². The van der Waals surface area contributed by atoms with Crippen LogP contribution < -0.4 is 9.47 Å². The van der Waals surface area contributed by atoms with E-state index in [0.717, 1.165) is 11.6 Å². The second-order valence-corrected chi connectivity index (χ2v) is 10.8. The van der Waals surface area contributed by atoms with Gasteiger partial charge < -0.3 is 19.1 Å². The molecule has 3 heterocycles. The van der Waals surface area contributed by atoms with Gasteiger partial charge in [0.15, 0.2) is 23.0 Å². The Morgan fingerprint density at radius 3 is 2.63 bits per heavy atom. The third-order valence-corrected chi connectivity index (χ3v) is 7.29. The average Bonchev–Trinajstić information content (AvgIpc) is 3.26. The van der Waals surface area contributed by atoms with E-state index >= 15 is 4.39 Å². The second-order valence-electron chi connectivity index (χ2n) is 10.4. The van der Waals surface area contributed by atoms with Crippen LogP contribution in [0.4, 0.5) is 8.78 Å². The molecule has 7 nitrogen and oxygen atoms in total. The molecule has 0 spiro atoms. The van der Waals surface area contributed by atoms with Crippen molar-refractivity contribution in [1.29, 1.82) is 0 Å². The molecule has 1 aromatic heterocycles. The van der Waals surface area contributed by atoms with Gasteiger partial charge in [-0.1, -0.05) is 11.6 Å². The maximum absolute atomic E-state index is 15.4. The van der Waals surface area contributed by atoms with Gasteiger partial charge in [-0.25, -0.2) is 13.8 Å². The summed E-state index contributed by atoms with van der Waals surface area (Å²) in [6.07, 6.45) is 0.968. The van der Waals surface area contributed by atoms with E-state index in [2.05, 4.69) is 0 Å². The zero-order valence-electron chi connectivity index (χ0n) is 22.0. The van der Waals surface area contributed by atoms with Crippen molar-refractivity contribution in [2.24, 2.45) is 0 Å². The third-order valence-electron chi connectivity index (χ3n) is 6.94. The number of imidazole rings is 1. The lowest BCUT2D eigenvalue weighted by molar-refractivity contribution is -0.0373. The molecule has 2 aliphatic rings. The standard InChI is InChI=1S/C28H30ClF2N3O4/c1-15(2)38-22-13-20-16(12-21(22)36-5)6-9-19-25(27(35)33-10-11-37-14-28(33,3)4)32-26(34(19)20)17-7-8-18(30)23(29)24(17)31/h7-8,12-13,15H,6,9-11,14H2,1-5H3. The van der Waals surface area contributed by atoms with Gasteiger partial charge in [0, 0.05) is 12.6 Å². The third kappa shape index (κ3) is 4.41. The molecule has 1 saturated heterocycles. The number of fused-ring (bicyclic) bond motifs is 3. The summed E-state index contributed by atoms with van der Waals surface area (Å²) in [4.78, 5) is 20.4. The van der Waals surface area contributed by atoms with Crippen LogP contribution in [0.5, 0.6) is 11.5 Å². The molecule has 38 heavy (non-hydrogen) atoms. The maximum Gasteiger partial charge on any atom is 0.274 e. The van der Waals surface area contributed by atoms with E-state index in [1.807, 2.05) is 39.8 Å². The summed E-state index contributed by atoms with van der Waals surface area (Å²) in [6, 6.07) is 6.10. The van der Waals surface area contributed by atoms with Crippen molar-refractivity contribution in [1.82, 2.24) is 14.5 Å². The molecule has 5 rings (SSSR count). The number of aryl methyl sites for hydroxylation is 1. The Labute approximate surface area is 225 Å². The summed E-state index contributed by atoms with van der Waals surface area (Å²) in [6.45, 7) is 8.90. The summed E-state index contributed by atoms with van der Waals surface area (Å²) in [5.41, 5.74) is 1.92. The molecule has 2 aromatic carbocycles. The highest BCUT2D eigenvalue weighted by Gasteiger charge is 2.39. The first-order valence-electron chi connectivity index (χ1n) is 12.6. The van der Waals surface area contributed by atoms with Crippen molar-refractivity contribution in [3.05, 3.63) is 57.9 Å². The van der Waals surface area contributed by atoms with Gasteiger partial charge in [0.25, 0.3) is 5.91 Å². The monoisotopic (exact) mass is 545 g/mol. The molecule has 3 aromatic rings. The second kappa shape index (κ2) is 9.85. The van der Waals surface area contributed by atoms with Crippen LogP contribution in [0.2, 0.25) is 5.02 Å². The van der Waals surface area contributed by atoms with Crippen LogP contribution in [0, 0.1) is 11.6 Å². The molecule has 0 radical (unpaired) electrons. The molecular weight excluding hydrogens is 516 g/mol. The average molecular weight is 546 g/mol. The summed E-state index contributed by atoms with van der Waals surface area (Å²) in [5.74, 6) is -0.835. The smallest absolute Gasteiger partial charge is 0.274 e. The highest BCUT2D eigenvalue weighted by Crippen LogP contribution is 2.41. The van der Waals surface area contributed by atoms with Gasteiger partial charge in [0.2, 0.25) is 0 Å². The van der Waals surface area contributed by atoms with Crippen LogP contribution in [0.3, 0.4) is 0 Å². The molecule has 0 atom stereocenters. The number of morpholine rings is 1. The van der Waals surface area contributed by atoms with Crippen molar-refractivity contribution in [3.8, 4) is 28.6 Å². The van der Waals surface area contributed by atoms with Crippen LogP contribution in [0.1, 0.15) is 49.4 Å². The van der Waals surface area contributed by atoms with Crippen LogP contribution in [0.25, 0.3) is 17.1 Å². The van der Waals surface area contributed by atoms with Gasteiger partial charge in [-0.2, -0.15) is 0 Å². The predicted molar refractivity (Wildman–Crippen MR) is 140 cm³/mol. The first-order chi connectivity index (χ1) is 18.0. The summed E-state index contributed by atoms with van der Waals surface area (Å²) >= 11 is 5.95. The van der Waals surface area contributed by atoms with E-state index in [-0.39, 0.29) is 29.1 Å². The van der Waals surface area contributed by atoms with Gasteiger partial charge in [-0.05, 0) is 64.3 Å². The molecule has 1 fully saturated rings. The fraction of sp³-hybridized carbons (Fsp3) is 0.429. The first-order valence-corrected chi connectivity index (χ1v) is 12.9. The number of ether oxygens (including phenoxy) is 3. The number of benzene rings is 2. The van der Waals surface area contributed by atoms with Gasteiger partial charge in [0.05, 0.1) is 48.9 Å². The molecule has 202 valence electrons. The fourth-order valence-corrected chi connectivity index (χ4v) is 5.28. The molecule has 10 heteroatoms. The SMILES string of the molecule is COc1cc2c(cc1OC(C)C)-n1c(-c3ccc(F)c(Cl)c3F)nc(C(=O)N3CCOCC3(C)C)c1CC2. The van der Waals surface area contributed by atoms with Gasteiger partial charge in [-0.3, -0.25) is 9.36 Å². The van der Waals surface area contributed by atoms with Crippen molar-refractivity contribution >= 4 is 17.5 Å². The molecule has 0 unspecified atom stereocenters. The Morgan fingerprint density at radius 1 is 1.18 bits per heavy atom. The van der Waals surface area contributed by atoms with Crippen LogP contribution >= 0.6 is 11.6 Å². The number of amides is 1. The quantitative estimate of drug-likeness (QED) is 0.390. The molecule has 0 saturated carbocycles. The molecular formula is C28H30ClF2N3O4. The van der Waals surface area contributed by atoms with E-state index in [4.69, 9.17) is 30.8 Å². The number of methoxy groups -OCH3 is 1. The summed E-state index contributed by atoms with van der Waals surface area (Å²) in [7, 11) is 1.57. The minimum Gasteiger partial charge on any atom is -0.493 e. The predicted octanol–water partition coefficient (Wildman–Crippen LogP) is 5.62. The van der Waals surface area contributed by atoms with Gasteiger partial charge in [0.1, 0.15) is 16.7 Å². The molecule has 1 amide bonds. The number of rotatable bonds is 5. The first kappa shape index (κ1) is 26.4. The topological polar surface area (TPSA) is 65.8 Å². The zero-order chi connectivity index (χ0) is 27.4. The molecule has 0 N–H and O–H groups in total. The lowest BCUT2D eigenvalue weighted by atomic mass is 9.98. The van der Waals surface area contributed by atoms with Gasteiger partial charge in [-0.15, -0.1) is 0 Å². The Kier molecular flexibility index (Phi) is 6.86. The summed E-state index contributed by atoms with van der Waals surface area (Å²) < 4.78 is 48.4. The van der Waals surface area contributed by atoms with E-state index in [9.17, 15) is 9.18 Å². The minimum absolute atomic E-state index is 0.00654. The number of carbonyl (C=O) groups is 1. The lowest BCUT2D eigenvalue weighted by Gasteiger charge is -2.41. The van der Waals surface area contributed by atoms with Crippen molar-refractivity contribution in [2.75, 3.05) is 26.9 Å². The Hall–Kier alpha value is -3.17. The Balaban J connectivity index is 1.76. The van der Waals surface area contributed by atoms with Crippen LogP contribution in [0.15, 0.2) is 24.3 Å². The Bertz CT molecular complexity index is 1420. The fourth-order valence-electron chi connectivity index (χ4n) is 5.12. The van der Waals surface area contributed by atoms with E-state index in [1.54, 1.807) is 16.6 Å². The highest BCUT2D eigenvalue weighted by atomic mass is 35.5. The van der Waals surface area contributed by atoms with Crippen molar-refractivity contribution in [3.63, 3.8) is 0 Å². The largest absolute Gasteiger partial charge is 0.493 e. The minimum atomic E-state index is -0.940. The number of nitrogens with zero attached hydrogens (tertiary/aromatic N) is 3. The van der Waals surface area contributed by atoms with E-state index in [1.165, 1.54) is 6.07 Å². The summed E-state index contributed by atoms with van der Waals surface area (Å²) in [5, 5.41) is -0.628. The number of hydrogen-bond acceptors (Lipinski definition) is 5. The number of carbonyl (C=O) groups excluding carboxylic acids is 1. The zero-order valence-corrected chi connectivity index (χ0v) is 22.8. The lowest BCUT2D eigenvalue weighted by Crippen LogP contribution is -2.55. The number of aromatic nitrogens is 2. The Morgan fingerprint density at radius 2 is 1.95 bits per heavy atom. The highest BCUT2D eigenvalue weighted by molar-refractivity contribution is 6.31. The van der Waals surface area contributed by atoms with E-state index in [0.29, 0.717) is 55.5 Å². The number of halogens is 3. The van der Waals surface area contributed by atoms with Crippen LogP contribution in [-0.4, -0.2) is 58.9 Å².